The van der Waals surface area contributed by atoms with Crippen LogP contribution >= 0.6 is 0 Å². The van der Waals surface area contributed by atoms with E-state index in [0.29, 0.717) is 16.9 Å². The van der Waals surface area contributed by atoms with Crippen LogP contribution in [-0.4, -0.2) is 55.6 Å². The molecule has 2 rings (SSSR count). The van der Waals surface area contributed by atoms with Gasteiger partial charge in [-0.15, -0.1) is 0 Å². The SMILES string of the molecule is CN(C)C(=O)N1CCC(NCC2C(C)(C)C2(C)C)CC1. The lowest BCUT2D eigenvalue weighted by molar-refractivity contribution is 0.152. The Bertz CT molecular complexity index is 354. The number of carbonyl (C=O) groups is 1. The quantitative estimate of drug-likeness (QED) is 0.862. The van der Waals surface area contributed by atoms with Gasteiger partial charge in [0.25, 0.3) is 0 Å². The normalized spacial score (nSPS) is 25.6. The summed E-state index contributed by atoms with van der Waals surface area (Å²) in [6, 6.07) is 0.723. The number of hydrogen-bond acceptors (Lipinski definition) is 2. The third-order valence-corrected chi connectivity index (χ3v) is 6.08. The summed E-state index contributed by atoms with van der Waals surface area (Å²) in [5, 5.41) is 3.73. The smallest absolute Gasteiger partial charge is 0.319 e. The monoisotopic (exact) mass is 281 g/mol. The van der Waals surface area contributed by atoms with Crippen molar-refractivity contribution in [1.29, 1.82) is 0 Å². The maximum absolute atomic E-state index is 11.9. The number of nitrogens with zero attached hydrogens (tertiary/aromatic N) is 2. The molecule has 0 bridgehead atoms. The van der Waals surface area contributed by atoms with Crippen molar-refractivity contribution >= 4 is 6.03 Å². The van der Waals surface area contributed by atoms with E-state index in [4.69, 9.17) is 0 Å². The van der Waals surface area contributed by atoms with Crippen LogP contribution in [0.5, 0.6) is 0 Å². The molecule has 0 aromatic rings. The lowest BCUT2D eigenvalue weighted by Gasteiger charge is -2.34. The van der Waals surface area contributed by atoms with Crippen LogP contribution in [0.2, 0.25) is 0 Å². The molecule has 0 radical (unpaired) electrons. The van der Waals surface area contributed by atoms with Gasteiger partial charge in [0.1, 0.15) is 0 Å². The first-order valence-corrected chi connectivity index (χ1v) is 7.87. The van der Waals surface area contributed by atoms with Gasteiger partial charge in [0.2, 0.25) is 0 Å². The average Bonchev–Trinajstić information content (AvgIpc) is 2.77. The Morgan fingerprint density at radius 2 is 1.65 bits per heavy atom. The fourth-order valence-electron chi connectivity index (χ4n) is 3.69. The maximum atomic E-state index is 11.9. The predicted molar refractivity (Wildman–Crippen MR) is 82.7 cm³/mol. The molecule has 2 amide bonds. The van der Waals surface area contributed by atoms with E-state index in [0.717, 1.165) is 38.4 Å². The molecule has 0 atom stereocenters. The topological polar surface area (TPSA) is 35.6 Å². The zero-order valence-electron chi connectivity index (χ0n) is 14.0. The molecule has 1 aliphatic carbocycles. The number of carbonyl (C=O) groups excluding carboxylic acids is 1. The molecule has 2 aliphatic rings. The van der Waals surface area contributed by atoms with Crippen LogP contribution < -0.4 is 5.32 Å². The minimum Gasteiger partial charge on any atom is -0.331 e. The van der Waals surface area contributed by atoms with Crippen molar-refractivity contribution in [3.8, 4) is 0 Å². The summed E-state index contributed by atoms with van der Waals surface area (Å²) in [6.07, 6.45) is 2.15. The van der Waals surface area contributed by atoms with Gasteiger partial charge in [0.15, 0.2) is 0 Å². The first kappa shape index (κ1) is 15.6. The molecule has 0 unspecified atom stereocenters. The second-order valence-corrected chi connectivity index (χ2v) is 7.84. The minimum absolute atomic E-state index is 0.146. The summed E-state index contributed by atoms with van der Waals surface area (Å²) in [5.74, 6) is 0.774. The van der Waals surface area contributed by atoms with E-state index < -0.39 is 0 Å². The standard InChI is InChI=1S/C16H31N3O/c1-15(2)13(16(15,3)4)11-17-12-7-9-19(10-8-12)14(20)18(5)6/h12-13,17H,7-11H2,1-6H3. The van der Waals surface area contributed by atoms with Crippen LogP contribution in [0.3, 0.4) is 0 Å². The van der Waals surface area contributed by atoms with Crippen LogP contribution in [0.1, 0.15) is 40.5 Å². The van der Waals surface area contributed by atoms with Crippen molar-refractivity contribution in [2.45, 2.75) is 46.6 Å². The van der Waals surface area contributed by atoms with Gasteiger partial charge in [-0.3, -0.25) is 0 Å². The second-order valence-electron chi connectivity index (χ2n) is 7.84. The van der Waals surface area contributed by atoms with Crippen LogP contribution in [0.25, 0.3) is 0 Å². The molecule has 0 spiro atoms. The van der Waals surface area contributed by atoms with Crippen molar-refractivity contribution in [3.63, 3.8) is 0 Å². The van der Waals surface area contributed by atoms with Crippen molar-refractivity contribution in [3.05, 3.63) is 0 Å². The highest BCUT2D eigenvalue weighted by molar-refractivity contribution is 5.73. The second kappa shape index (κ2) is 5.21. The van der Waals surface area contributed by atoms with Gasteiger partial charge >= 0.3 is 6.03 Å². The number of piperidine rings is 1. The number of amides is 2. The summed E-state index contributed by atoms with van der Waals surface area (Å²) in [4.78, 5) is 15.5. The first-order chi connectivity index (χ1) is 9.18. The number of nitrogens with one attached hydrogen (secondary N) is 1. The lowest BCUT2D eigenvalue weighted by Crippen LogP contribution is -2.48. The highest BCUT2D eigenvalue weighted by Gasteiger charge is 2.63. The fourth-order valence-corrected chi connectivity index (χ4v) is 3.69. The van der Waals surface area contributed by atoms with E-state index in [9.17, 15) is 4.79 Å². The van der Waals surface area contributed by atoms with Gasteiger partial charge in [0.05, 0.1) is 0 Å². The van der Waals surface area contributed by atoms with Crippen LogP contribution in [0, 0.1) is 16.7 Å². The highest BCUT2D eigenvalue weighted by Crippen LogP contribution is 2.67. The Balaban J connectivity index is 1.72. The largest absolute Gasteiger partial charge is 0.331 e. The molecular formula is C16H31N3O. The van der Waals surface area contributed by atoms with E-state index in [1.807, 2.05) is 19.0 Å². The summed E-state index contributed by atoms with van der Waals surface area (Å²) in [7, 11) is 3.65. The summed E-state index contributed by atoms with van der Waals surface area (Å²) in [5.41, 5.74) is 0.920. The lowest BCUT2D eigenvalue weighted by atomic mass is 10.0. The molecule has 1 saturated carbocycles. The number of rotatable bonds is 3. The molecule has 4 heteroatoms. The van der Waals surface area contributed by atoms with Crippen LogP contribution in [0.4, 0.5) is 4.79 Å². The molecule has 0 aromatic carbocycles. The third-order valence-electron chi connectivity index (χ3n) is 6.08. The van der Waals surface area contributed by atoms with Crippen molar-refractivity contribution < 1.29 is 4.79 Å². The third kappa shape index (κ3) is 2.67. The zero-order chi connectivity index (χ0) is 15.1. The highest BCUT2D eigenvalue weighted by atomic mass is 16.2. The Kier molecular flexibility index (Phi) is 4.07. The molecular weight excluding hydrogens is 250 g/mol. The molecule has 1 N–H and O–H groups in total. The summed E-state index contributed by atoms with van der Waals surface area (Å²) < 4.78 is 0. The van der Waals surface area contributed by atoms with Gasteiger partial charge in [-0.05, 0) is 36.1 Å². The Morgan fingerprint density at radius 1 is 1.15 bits per heavy atom. The molecule has 2 fully saturated rings. The van der Waals surface area contributed by atoms with Crippen molar-refractivity contribution in [1.82, 2.24) is 15.1 Å². The van der Waals surface area contributed by atoms with Crippen LogP contribution in [0.15, 0.2) is 0 Å². The first-order valence-electron chi connectivity index (χ1n) is 7.87. The van der Waals surface area contributed by atoms with Gasteiger partial charge in [-0.2, -0.15) is 0 Å². The number of hydrogen-bond donors (Lipinski definition) is 1. The average molecular weight is 281 g/mol. The molecule has 1 heterocycles. The summed E-state index contributed by atoms with van der Waals surface area (Å²) in [6.45, 7) is 12.4. The van der Waals surface area contributed by atoms with E-state index in [2.05, 4.69) is 33.0 Å². The van der Waals surface area contributed by atoms with Gasteiger partial charge in [-0.1, -0.05) is 27.7 Å². The Hall–Kier alpha value is -0.770. The van der Waals surface area contributed by atoms with E-state index in [1.54, 1.807) is 4.90 Å². The molecule has 116 valence electrons. The molecule has 1 aliphatic heterocycles. The van der Waals surface area contributed by atoms with E-state index in [-0.39, 0.29) is 6.03 Å². The van der Waals surface area contributed by atoms with E-state index >= 15 is 0 Å². The van der Waals surface area contributed by atoms with Crippen molar-refractivity contribution in [2.24, 2.45) is 16.7 Å². The van der Waals surface area contributed by atoms with Gasteiger partial charge in [0, 0.05) is 33.2 Å². The van der Waals surface area contributed by atoms with Crippen LogP contribution in [-0.2, 0) is 0 Å². The van der Waals surface area contributed by atoms with Gasteiger partial charge in [-0.25, -0.2) is 4.79 Å². The Labute approximate surface area is 123 Å². The molecule has 1 saturated heterocycles. The maximum Gasteiger partial charge on any atom is 0.319 e. The van der Waals surface area contributed by atoms with Gasteiger partial charge < -0.3 is 15.1 Å². The van der Waals surface area contributed by atoms with E-state index in [1.165, 1.54) is 0 Å². The zero-order valence-corrected chi connectivity index (χ0v) is 14.0. The predicted octanol–water partition coefficient (Wildman–Crippen LogP) is 2.40. The number of urea groups is 1. The molecule has 0 aromatic heterocycles. The summed E-state index contributed by atoms with van der Waals surface area (Å²) >= 11 is 0. The minimum atomic E-state index is 0.146. The molecule has 20 heavy (non-hydrogen) atoms. The molecule has 4 nitrogen and oxygen atoms in total. The fraction of sp³-hybridized carbons (Fsp3) is 0.938. The van der Waals surface area contributed by atoms with Crippen molar-refractivity contribution in [2.75, 3.05) is 33.7 Å². The number of likely N-dealkylation sites (tertiary alicyclic amines) is 1. The Morgan fingerprint density at radius 3 is 2.05 bits per heavy atom.